The second-order valence-electron chi connectivity index (χ2n) is 12.8. The van der Waals surface area contributed by atoms with E-state index in [1.807, 2.05) is 41.3 Å². The molecule has 244 valence electrons. The fourth-order valence-corrected chi connectivity index (χ4v) is 6.41. The SMILES string of the molecule is CCCCc1cccc(C)c1-c1cnn(-c2[c-]c(Oc3[c-]c4c(cc3)c3ccccc3n4-c3cc(CCC(C)C)ccn3)ccc2)c1.[Pt+2]. The standard InChI is InChI=1S/C42H40N4O.Pt/c1-5-6-12-32-13-9-11-30(4)42(32)33-27-44-45(28-33)34-14-10-15-35(25-34)47-36-20-21-38-37-16-7-8-17-39(37)46(40(38)26-36)41-24-31(22-23-43-41)19-18-29(2)3;/h7-11,13-17,20-24,27-29H,5-6,12,18-19H2,1-4H3;/q-2;+2. The van der Waals surface area contributed by atoms with Crippen LogP contribution in [0.4, 0.5) is 0 Å². The number of para-hydroxylation sites is 1. The van der Waals surface area contributed by atoms with Gasteiger partial charge in [-0.15, -0.1) is 35.7 Å². The number of unbranched alkanes of at least 4 members (excludes halogenated alkanes) is 1. The van der Waals surface area contributed by atoms with Crippen molar-refractivity contribution in [2.24, 2.45) is 5.92 Å². The Hall–Kier alpha value is -4.47. The normalized spacial score (nSPS) is 11.4. The van der Waals surface area contributed by atoms with Crippen LogP contribution in [0.5, 0.6) is 11.5 Å². The molecule has 0 radical (unpaired) electrons. The number of benzene rings is 4. The average molecular weight is 812 g/mol. The molecule has 3 heterocycles. The molecule has 48 heavy (non-hydrogen) atoms. The van der Waals surface area contributed by atoms with E-state index in [-0.39, 0.29) is 21.1 Å². The number of nitrogens with zero attached hydrogens (tertiary/aromatic N) is 4. The van der Waals surface area contributed by atoms with E-state index in [1.54, 1.807) is 0 Å². The fraction of sp³-hybridized carbons (Fsp3) is 0.238. The van der Waals surface area contributed by atoms with Crippen LogP contribution in [-0.4, -0.2) is 19.3 Å². The third-order valence-corrected chi connectivity index (χ3v) is 8.86. The average Bonchev–Trinajstić information content (AvgIpc) is 3.70. The van der Waals surface area contributed by atoms with E-state index < -0.39 is 0 Å². The first-order chi connectivity index (χ1) is 23.0. The van der Waals surface area contributed by atoms with Crippen molar-refractivity contribution in [3.63, 3.8) is 0 Å². The second-order valence-corrected chi connectivity index (χ2v) is 12.8. The topological polar surface area (TPSA) is 44.9 Å². The van der Waals surface area contributed by atoms with Crippen molar-refractivity contribution in [3.05, 3.63) is 132 Å². The molecule has 0 aliphatic carbocycles. The molecule has 7 aromatic rings. The minimum Gasteiger partial charge on any atom is -0.509 e. The van der Waals surface area contributed by atoms with Crippen LogP contribution in [0, 0.1) is 25.0 Å². The number of fused-ring (bicyclic) bond motifs is 3. The van der Waals surface area contributed by atoms with E-state index in [0.29, 0.717) is 17.4 Å². The number of aromatic nitrogens is 4. The molecule has 6 heteroatoms. The maximum absolute atomic E-state index is 6.41. The van der Waals surface area contributed by atoms with Gasteiger partial charge in [0.15, 0.2) is 0 Å². The van der Waals surface area contributed by atoms with Gasteiger partial charge in [-0.1, -0.05) is 69.1 Å². The van der Waals surface area contributed by atoms with Crippen molar-refractivity contribution in [2.45, 2.75) is 59.8 Å². The zero-order valence-corrected chi connectivity index (χ0v) is 30.2. The molecule has 0 amide bonds. The van der Waals surface area contributed by atoms with Crippen LogP contribution in [0.1, 0.15) is 56.7 Å². The predicted molar refractivity (Wildman–Crippen MR) is 192 cm³/mol. The summed E-state index contributed by atoms with van der Waals surface area (Å²) in [5.74, 6) is 2.76. The molecule has 0 spiro atoms. The van der Waals surface area contributed by atoms with Crippen LogP contribution < -0.4 is 4.74 Å². The van der Waals surface area contributed by atoms with Crippen LogP contribution in [0.15, 0.2) is 104 Å². The summed E-state index contributed by atoms with van der Waals surface area (Å²) < 4.78 is 10.5. The van der Waals surface area contributed by atoms with Gasteiger partial charge >= 0.3 is 21.1 Å². The first-order valence-corrected chi connectivity index (χ1v) is 16.7. The first kappa shape index (κ1) is 33.4. The molecular formula is C42H40N4OPt. The van der Waals surface area contributed by atoms with Gasteiger partial charge in [0.2, 0.25) is 0 Å². The van der Waals surface area contributed by atoms with Gasteiger partial charge < -0.3 is 9.30 Å². The molecule has 0 N–H and O–H groups in total. The van der Waals surface area contributed by atoms with Crippen molar-refractivity contribution >= 4 is 21.8 Å². The maximum Gasteiger partial charge on any atom is 2.00 e. The Bertz CT molecular complexity index is 2180. The molecule has 0 bridgehead atoms. The number of aryl methyl sites for hydroxylation is 3. The largest absolute Gasteiger partial charge is 2.00 e. The molecule has 3 aromatic heterocycles. The van der Waals surface area contributed by atoms with Gasteiger partial charge in [0.25, 0.3) is 0 Å². The Morgan fingerprint density at radius 1 is 0.854 bits per heavy atom. The third-order valence-electron chi connectivity index (χ3n) is 8.86. The van der Waals surface area contributed by atoms with Crippen molar-refractivity contribution in [3.8, 4) is 34.1 Å². The van der Waals surface area contributed by atoms with Crippen LogP contribution in [0.2, 0.25) is 0 Å². The van der Waals surface area contributed by atoms with Crippen molar-refractivity contribution in [1.82, 2.24) is 19.3 Å². The van der Waals surface area contributed by atoms with E-state index in [0.717, 1.165) is 58.1 Å². The van der Waals surface area contributed by atoms with Crippen LogP contribution in [0.3, 0.4) is 0 Å². The molecule has 7 rings (SSSR count). The van der Waals surface area contributed by atoms with Gasteiger partial charge in [-0.05, 0) is 90.1 Å². The molecule has 0 aliphatic rings. The summed E-state index contributed by atoms with van der Waals surface area (Å²) in [7, 11) is 0. The van der Waals surface area contributed by atoms with Gasteiger partial charge in [0.1, 0.15) is 5.82 Å². The summed E-state index contributed by atoms with van der Waals surface area (Å²) in [6.07, 6.45) is 11.5. The molecule has 0 atom stereocenters. The smallest absolute Gasteiger partial charge is 0.509 e. The maximum atomic E-state index is 6.41. The Balaban J connectivity index is 0.00000401. The van der Waals surface area contributed by atoms with Crippen molar-refractivity contribution in [1.29, 1.82) is 0 Å². The number of rotatable bonds is 11. The monoisotopic (exact) mass is 811 g/mol. The van der Waals surface area contributed by atoms with E-state index in [4.69, 9.17) is 14.8 Å². The van der Waals surface area contributed by atoms with E-state index >= 15 is 0 Å². The molecular weight excluding hydrogens is 772 g/mol. The van der Waals surface area contributed by atoms with E-state index in [2.05, 4.69) is 111 Å². The minimum atomic E-state index is 0. The zero-order chi connectivity index (χ0) is 32.3. The third kappa shape index (κ3) is 6.89. The van der Waals surface area contributed by atoms with Gasteiger partial charge in [0, 0.05) is 35.0 Å². The van der Waals surface area contributed by atoms with Gasteiger partial charge in [0.05, 0.1) is 6.20 Å². The molecule has 5 nitrogen and oxygen atoms in total. The number of hydrogen-bond donors (Lipinski definition) is 0. The molecule has 0 fully saturated rings. The summed E-state index contributed by atoms with van der Waals surface area (Å²) >= 11 is 0. The number of ether oxygens (including phenoxy) is 1. The minimum absolute atomic E-state index is 0. The quantitative estimate of drug-likeness (QED) is 0.122. The Labute approximate surface area is 297 Å². The number of hydrogen-bond acceptors (Lipinski definition) is 3. The summed E-state index contributed by atoms with van der Waals surface area (Å²) in [5.41, 5.74) is 9.15. The summed E-state index contributed by atoms with van der Waals surface area (Å²) in [6, 6.07) is 36.3. The Morgan fingerprint density at radius 3 is 2.54 bits per heavy atom. The van der Waals surface area contributed by atoms with Crippen molar-refractivity contribution < 1.29 is 25.8 Å². The van der Waals surface area contributed by atoms with Crippen LogP contribution >= 0.6 is 0 Å². The second kappa shape index (κ2) is 14.7. The summed E-state index contributed by atoms with van der Waals surface area (Å²) in [4.78, 5) is 4.80. The van der Waals surface area contributed by atoms with Gasteiger partial charge in [-0.25, -0.2) is 4.98 Å². The zero-order valence-electron chi connectivity index (χ0n) is 27.9. The van der Waals surface area contributed by atoms with Gasteiger partial charge in [-0.2, -0.15) is 17.2 Å². The van der Waals surface area contributed by atoms with E-state index in [9.17, 15) is 0 Å². The molecule has 0 aliphatic heterocycles. The van der Waals surface area contributed by atoms with Crippen LogP contribution in [-0.2, 0) is 33.9 Å². The first-order valence-electron chi connectivity index (χ1n) is 16.7. The summed E-state index contributed by atoms with van der Waals surface area (Å²) in [6.45, 7) is 8.94. The number of pyridine rings is 1. The predicted octanol–water partition coefficient (Wildman–Crippen LogP) is 10.7. The van der Waals surface area contributed by atoms with Gasteiger partial charge in [-0.3, -0.25) is 4.68 Å². The fourth-order valence-electron chi connectivity index (χ4n) is 6.41. The Kier molecular flexibility index (Phi) is 10.3. The summed E-state index contributed by atoms with van der Waals surface area (Å²) in [5, 5.41) is 7.00. The van der Waals surface area contributed by atoms with Crippen LogP contribution in [0.25, 0.3) is 44.4 Å². The molecule has 0 unspecified atom stereocenters. The van der Waals surface area contributed by atoms with Crippen molar-refractivity contribution in [2.75, 3.05) is 0 Å². The van der Waals surface area contributed by atoms with E-state index in [1.165, 1.54) is 35.1 Å². The Morgan fingerprint density at radius 2 is 1.69 bits per heavy atom. The molecule has 4 aromatic carbocycles. The molecule has 0 saturated carbocycles. The molecule has 0 saturated heterocycles.